The Hall–Kier alpha value is -1.19. The highest BCUT2D eigenvalue weighted by molar-refractivity contribution is 5.65. The van der Waals surface area contributed by atoms with Crippen LogP contribution in [0.25, 0.3) is 0 Å². The van der Waals surface area contributed by atoms with E-state index in [2.05, 4.69) is 24.3 Å². The van der Waals surface area contributed by atoms with Crippen LogP contribution in [0, 0.1) is 12.8 Å². The van der Waals surface area contributed by atoms with Gasteiger partial charge in [-0.05, 0) is 39.0 Å². The van der Waals surface area contributed by atoms with Gasteiger partial charge in [0.1, 0.15) is 5.82 Å². The predicted molar refractivity (Wildman–Crippen MR) is 72.1 cm³/mol. The Bertz CT molecular complexity index is 379. The van der Waals surface area contributed by atoms with Crippen LogP contribution in [0.4, 0.5) is 11.5 Å². The smallest absolute Gasteiger partial charge is 0.148 e. The minimum Gasteiger partial charge on any atom is -0.394 e. The van der Waals surface area contributed by atoms with Crippen molar-refractivity contribution in [2.75, 3.05) is 11.1 Å². The lowest BCUT2D eigenvalue weighted by Crippen LogP contribution is -2.32. The summed E-state index contributed by atoms with van der Waals surface area (Å²) >= 11 is 0. The van der Waals surface area contributed by atoms with Crippen molar-refractivity contribution in [3.63, 3.8) is 0 Å². The van der Waals surface area contributed by atoms with E-state index in [4.69, 9.17) is 5.73 Å². The molecule has 0 aliphatic heterocycles. The summed E-state index contributed by atoms with van der Waals surface area (Å²) in [5.74, 6) is 1.82. The van der Waals surface area contributed by atoms with E-state index in [1.165, 1.54) is 19.3 Å². The molecular formula is C13H24N4. The van der Waals surface area contributed by atoms with Crippen molar-refractivity contribution in [2.24, 2.45) is 5.92 Å². The van der Waals surface area contributed by atoms with E-state index >= 15 is 0 Å². The topological polar surface area (TPSA) is 55.9 Å². The molecular weight excluding hydrogens is 212 g/mol. The van der Waals surface area contributed by atoms with Crippen LogP contribution in [0.3, 0.4) is 0 Å². The molecule has 0 bridgehead atoms. The van der Waals surface area contributed by atoms with Gasteiger partial charge in [-0.15, -0.1) is 0 Å². The Labute approximate surface area is 104 Å². The third kappa shape index (κ3) is 2.40. The van der Waals surface area contributed by atoms with Crippen LogP contribution < -0.4 is 11.1 Å². The first-order chi connectivity index (χ1) is 8.13. The standard InChI is InChI=1S/C13H24N4/c1-4-8-17-13(12(14)10(3)16-17)15-9(2)11-6-5-7-11/h9,11,15H,4-8,14H2,1-3H3. The molecule has 1 atom stereocenters. The Morgan fingerprint density at radius 2 is 2.24 bits per heavy atom. The SMILES string of the molecule is CCCn1nc(C)c(N)c1NC(C)C1CCC1. The molecule has 0 aromatic carbocycles. The van der Waals surface area contributed by atoms with Crippen LogP contribution >= 0.6 is 0 Å². The lowest BCUT2D eigenvalue weighted by atomic mass is 9.80. The second-order valence-electron chi connectivity index (χ2n) is 5.19. The van der Waals surface area contributed by atoms with Gasteiger partial charge in [0, 0.05) is 12.6 Å². The molecule has 0 spiro atoms. The monoisotopic (exact) mass is 236 g/mol. The molecule has 96 valence electrons. The predicted octanol–water partition coefficient (Wildman–Crippen LogP) is 2.78. The number of nitrogen functional groups attached to an aromatic ring is 1. The summed E-state index contributed by atoms with van der Waals surface area (Å²) in [6.45, 7) is 7.31. The van der Waals surface area contributed by atoms with Crippen LogP contribution in [0.5, 0.6) is 0 Å². The number of anilines is 2. The quantitative estimate of drug-likeness (QED) is 0.826. The summed E-state index contributed by atoms with van der Waals surface area (Å²) in [5, 5.41) is 8.05. The molecule has 1 aliphatic rings. The highest BCUT2D eigenvalue weighted by Crippen LogP contribution is 2.32. The van der Waals surface area contributed by atoms with E-state index in [0.29, 0.717) is 6.04 Å². The maximum atomic E-state index is 6.10. The maximum absolute atomic E-state index is 6.10. The average Bonchev–Trinajstić information content (AvgIpc) is 2.44. The van der Waals surface area contributed by atoms with Crippen molar-refractivity contribution in [1.82, 2.24) is 9.78 Å². The van der Waals surface area contributed by atoms with Gasteiger partial charge in [-0.3, -0.25) is 0 Å². The number of aromatic nitrogens is 2. The van der Waals surface area contributed by atoms with E-state index in [0.717, 1.165) is 36.1 Å². The second-order valence-corrected chi connectivity index (χ2v) is 5.19. The Kier molecular flexibility index (Phi) is 3.60. The summed E-state index contributed by atoms with van der Waals surface area (Å²) in [6, 6.07) is 0.498. The van der Waals surface area contributed by atoms with Crippen LogP contribution in [-0.4, -0.2) is 15.8 Å². The summed E-state index contributed by atoms with van der Waals surface area (Å²) in [6.07, 6.45) is 5.14. The van der Waals surface area contributed by atoms with Crippen LogP contribution in [0.1, 0.15) is 45.2 Å². The average molecular weight is 236 g/mol. The number of aryl methyl sites for hydroxylation is 2. The Balaban J connectivity index is 2.12. The van der Waals surface area contributed by atoms with Gasteiger partial charge in [0.15, 0.2) is 0 Å². The molecule has 1 saturated carbocycles. The van der Waals surface area contributed by atoms with Crippen molar-refractivity contribution in [1.29, 1.82) is 0 Å². The number of hydrogen-bond acceptors (Lipinski definition) is 3. The Morgan fingerprint density at radius 3 is 2.76 bits per heavy atom. The molecule has 1 unspecified atom stereocenters. The molecule has 4 heteroatoms. The van der Waals surface area contributed by atoms with Gasteiger partial charge in [-0.2, -0.15) is 5.10 Å². The molecule has 1 heterocycles. The van der Waals surface area contributed by atoms with Crippen LogP contribution in [-0.2, 0) is 6.54 Å². The van der Waals surface area contributed by atoms with Crippen molar-refractivity contribution in [3.8, 4) is 0 Å². The van der Waals surface area contributed by atoms with E-state index < -0.39 is 0 Å². The van der Waals surface area contributed by atoms with Gasteiger partial charge in [0.25, 0.3) is 0 Å². The second kappa shape index (κ2) is 4.98. The molecule has 0 amide bonds. The number of nitrogens with zero attached hydrogens (tertiary/aromatic N) is 2. The first-order valence-electron chi connectivity index (χ1n) is 6.73. The van der Waals surface area contributed by atoms with E-state index in [1.54, 1.807) is 0 Å². The van der Waals surface area contributed by atoms with Crippen LogP contribution in [0.15, 0.2) is 0 Å². The largest absolute Gasteiger partial charge is 0.394 e. The number of nitrogens with two attached hydrogens (primary N) is 1. The van der Waals surface area contributed by atoms with Gasteiger partial charge in [0.2, 0.25) is 0 Å². The lowest BCUT2D eigenvalue weighted by Gasteiger charge is -2.32. The molecule has 4 nitrogen and oxygen atoms in total. The van der Waals surface area contributed by atoms with E-state index in [-0.39, 0.29) is 0 Å². The molecule has 1 aromatic rings. The van der Waals surface area contributed by atoms with Gasteiger partial charge >= 0.3 is 0 Å². The summed E-state index contributed by atoms with van der Waals surface area (Å²) in [7, 11) is 0. The molecule has 0 radical (unpaired) electrons. The summed E-state index contributed by atoms with van der Waals surface area (Å²) < 4.78 is 2.01. The van der Waals surface area contributed by atoms with Crippen molar-refractivity contribution >= 4 is 11.5 Å². The van der Waals surface area contributed by atoms with Gasteiger partial charge in [0.05, 0.1) is 11.4 Å². The molecule has 2 rings (SSSR count). The maximum Gasteiger partial charge on any atom is 0.148 e. The minimum atomic E-state index is 0.498. The first kappa shape index (κ1) is 12.3. The number of nitrogens with one attached hydrogen (secondary N) is 1. The zero-order chi connectivity index (χ0) is 12.4. The molecule has 3 N–H and O–H groups in total. The summed E-state index contributed by atoms with van der Waals surface area (Å²) in [5.41, 5.74) is 7.84. The molecule has 17 heavy (non-hydrogen) atoms. The molecule has 1 aliphatic carbocycles. The van der Waals surface area contributed by atoms with Gasteiger partial charge in [-0.1, -0.05) is 13.3 Å². The normalized spacial score (nSPS) is 17.8. The fourth-order valence-corrected chi connectivity index (χ4v) is 2.39. The fourth-order valence-electron chi connectivity index (χ4n) is 2.39. The van der Waals surface area contributed by atoms with Crippen molar-refractivity contribution in [2.45, 2.75) is 59.0 Å². The van der Waals surface area contributed by atoms with Crippen molar-refractivity contribution < 1.29 is 0 Å². The summed E-state index contributed by atoms with van der Waals surface area (Å²) in [4.78, 5) is 0. The van der Waals surface area contributed by atoms with Crippen molar-refractivity contribution in [3.05, 3.63) is 5.69 Å². The highest BCUT2D eigenvalue weighted by atomic mass is 15.3. The lowest BCUT2D eigenvalue weighted by molar-refractivity contribution is 0.284. The highest BCUT2D eigenvalue weighted by Gasteiger charge is 2.25. The first-order valence-corrected chi connectivity index (χ1v) is 6.73. The van der Waals surface area contributed by atoms with E-state index in [9.17, 15) is 0 Å². The molecule has 1 aromatic heterocycles. The van der Waals surface area contributed by atoms with E-state index in [1.807, 2.05) is 11.6 Å². The Morgan fingerprint density at radius 1 is 1.53 bits per heavy atom. The third-order valence-electron chi connectivity index (χ3n) is 3.83. The molecule has 1 fully saturated rings. The molecule has 0 saturated heterocycles. The number of rotatable bonds is 5. The van der Waals surface area contributed by atoms with Gasteiger partial charge < -0.3 is 11.1 Å². The third-order valence-corrected chi connectivity index (χ3v) is 3.83. The minimum absolute atomic E-state index is 0.498. The van der Waals surface area contributed by atoms with Gasteiger partial charge in [-0.25, -0.2) is 4.68 Å². The zero-order valence-corrected chi connectivity index (χ0v) is 11.2. The fraction of sp³-hybridized carbons (Fsp3) is 0.769. The number of hydrogen-bond donors (Lipinski definition) is 2. The van der Waals surface area contributed by atoms with Crippen LogP contribution in [0.2, 0.25) is 0 Å². The zero-order valence-electron chi connectivity index (χ0n) is 11.2.